The van der Waals surface area contributed by atoms with Gasteiger partial charge in [-0.25, -0.2) is 15.0 Å². The molecular formula is C47H29N3S. The predicted molar refractivity (Wildman–Crippen MR) is 215 cm³/mol. The van der Waals surface area contributed by atoms with Gasteiger partial charge in [-0.2, -0.15) is 0 Å². The van der Waals surface area contributed by atoms with E-state index in [0.717, 1.165) is 27.8 Å². The molecule has 2 aromatic heterocycles. The molecule has 0 unspecified atom stereocenters. The average Bonchev–Trinajstić information content (AvgIpc) is 3.59. The molecule has 0 saturated carbocycles. The summed E-state index contributed by atoms with van der Waals surface area (Å²) < 4.78 is 2.43. The van der Waals surface area contributed by atoms with Crippen LogP contribution in [0.5, 0.6) is 0 Å². The summed E-state index contributed by atoms with van der Waals surface area (Å²) in [5.41, 5.74) is 7.60. The second kappa shape index (κ2) is 12.1. The average molecular weight is 668 g/mol. The fraction of sp³-hybridized carbons (Fsp3) is 0. The quantitative estimate of drug-likeness (QED) is 0.183. The van der Waals surface area contributed by atoms with Crippen LogP contribution < -0.4 is 0 Å². The van der Waals surface area contributed by atoms with E-state index in [1.165, 1.54) is 52.8 Å². The van der Waals surface area contributed by atoms with Gasteiger partial charge in [-0.3, -0.25) is 0 Å². The highest BCUT2D eigenvalue weighted by Crippen LogP contribution is 2.40. The van der Waals surface area contributed by atoms with Gasteiger partial charge in [-0.1, -0.05) is 158 Å². The van der Waals surface area contributed by atoms with Crippen LogP contribution in [0.15, 0.2) is 176 Å². The van der Waals surface area contributed by atoms with Crippen LogP contribution in [0.3, 0.4) is 0 Å². The Labute approximate surface area is 299 Å². The fourth-order valence-electron chi connectivity index (χ4n) is 7.13. The lowest BCUT2D eigenvalue weighted by atomic mass is 9.97. The van der Waals surface area contributed by atoms with Crippen LogP contribution >= 0.6 is 11.3 Å². The Hall–Kier alpha value is -6.49. The van der Waals surface area contributed by atoms with Gasteiger partial charge < -0.3 is 0 Å². The maximum absolute atomic E-state index is 5.15. The van der Waals surface area contributed by atoms with Crippen molar-refractivity contribution in [3.05, 3.63) is 176 Å². The lowest BCUT2D eigenvalue weighted by molar-refractivity contribution is 1.08. The zero-order valence-electron chi connectivity index (χ0n) is 27.5. The third-order valence-corrected chi connectivity index (χ3v) is 11.0. The van der Waals surface area contributed by atoms with E-state index in [-0.39, 0.29) is 0 Å². The molecule has 3 nitrogen and oxygen atoms in total. The number of benzene rings is 8. The molecule has 0 N–H and O–H groups in total. The largest absolute Gasteiger partial charge is 0.208 e. The molecule has 51 heavy (non-hydrogen) atoms. The summed E-state index contributed by atoms with van der Waals surface area (Å²) in [5, 5.41) is 7.40. The number of hydrogen-bond donors (Lipinski definition) is 0. The minimum atomic E-state index is 0.649. The van der Waals surface area contributed by atoms with Gasteiger partial charge >= 0.3 is 0 Å². The Balaban J connectivity index is 1.10. The van der Waals surface area contributed by atoms with Crippen molar-refractivity contribution in [2.45, 2.75) is 0 Å². The second-order valence-corrected chi connectivity index (χ2v) is 13.9. The third-order valence-electron chi connectivity index (χ3n) is 9.75. The number of fused-ring (bicyclic) bond motifs is 5. The summed E-state index contributed by atoms with van der Waals surface area (Å²) >= 11 is 1.79. The number of thiophene rings is 1. The number of nitrogens with zero attached hydrogens (tertiary/aromatic N) is 3. The van der Waals surface area contributed by atoms with Crippen LogP contribution in [0.2, 0.25) is 0 Å². The SMILES string of the molecule is c1ccc2cc(-c3ccc(-c4nc(-c5ccc(-c6cccc7ccccc67)cc5)nc(-c5cccc6c5sc5ccccc56)n4)cc3)ccc2c1. The summed E-state index contributed by atoms with van der Waals surface area (Å²) in [6.07, 6.45) is 0. The maximum Gasteiger partial charge on any atom is 0.165 e. The highest BCUT2D eigenvalue weighted by atomic mass is 32.1. The molecular weight excluding hydrogens is 639 g/mol. The van der Waals surface area contributed by atoms with Gasteiger partial charge in [-0.05, 0) is 62.0 Å². The molecule has 0 aliphatic rings. The van der Waals surface area contributed by atoms with E-state index in [0.29, 0.717) is 17.5 Å². The fourth-order valence-corrected chi connectivity index (χ4v) is 8.35. The summed E-state index contributed by atoms with van der Waals surface area (Å²) in [6.45, 7) is 0. The van der Waals surface area contributed by atoms with Crippen molar-refractivity contribution < 1.29 is 0 Å². The highest BCUT2D eigenvalue weighted by Gasteiger charge is 2.17. The van der Waals surface area contributed by atoms with E-state index in [4.69, 9.17) is 15.0 Å². The molecule has 0 saturated heterocycles. The Morgan fingerprint density at radius 1 is 0.314 bits per heavy atom. The summed E-state index contributed by atoms with van der Waals surface area (Å²) in [5.74, 6) is 1.97. The van der Waals surface area contributed by atoms with Gasteiger partial charge in [0.25, 0.3) is 0 Å². The maximum atomic E-state index is 5.15. The molecule has 0 bridgehead atoms. The molecule has 0 fully saturated rings. The van der Waals surface area contributed by atoms with Crippen LogP contribution in [0.25, 0.3) is 98.1 Å². The van der Waals surface area contributed by atoms with Crippen LogP contribution in [-0.4, -0.2) is 15.0 Å². The van der Waals surface area contributed by atoms with Crippen molar-refractivity contribution in [1.82, 2.24) is 15.0 Å². The molecule has 4 heteroatoms. The molecule has 0 aliphatic carbocycles. The predicted octanol–water partition coefficient (Wildman–Crippen LogP) is 12.9. The van der Waals surface area contributed by atoms with Gasteiger partial charge in [-0.15, -0.1) is 11.3 Å². The van der Waals surface area contributed by atoms with Crippen LogP contribution in [0.4, 0.5) is 0 Å². The van der Waals surface area contributed by atoms with Gasteiger partial charge in [0.15, 0.2) is 17.5 Å². The molecule has 2 heterocycles. The molecule has 8 aromatic carbocycles. The summed E-state index contributed by atoms with van der Waals surface area (Å²) in [7, 11) is 0. The normalized spacial score (nSPS) is 11.5. The van der Waals surface area contributed by atoms with Crippen LogP contribution in [0.1, 0.15) is 0 Å². The first-order chi connectivity index (χ1) is 25.2. The van der Waals surface area contributed by atoms with Gasteiger partial charge in [0.2, 0.25) is 0 Å². The molecule has 0 amide bonds. The lowest BCUT2D eigenvalue weighted by Gasteiger charge is -2.11. The van der Waals surface area contributed by atoms with E-state index >= 15 is 0 Å². The smallest absolute Gasteiger partial charge is 0.165 e. The first-order valence-corrected chi connectivity index (χ1v) is 17.9. The van der Waals surface area contributed by atoms with Gasteiger partial charge in [0, 0.05) is 36.9 Å². The van der Waals surface area contributed by atoms with E-state index in [2.05, 4.69) is 176 Å². The van der Waals surface area contributed by atoms with E-state index < -0.39 is 0 Å². The van der Waals surface area contributed by atoms with Crippen molar-refractivity contribution >= 4 is 53.1 Å². The summed E-state index contributed by atoms with van der Waals surface area (Å²) in [6, 6.07) is 62.2. The van der Waals surface area contributed by atoms with E-state index in [1.54, 1.807) is 11.3 Å². The Bertz CT molecular complexity index is 2900. The monoisotopic (exact) mass is 667 g/mol. The van der Waals surface area contributed by atoms with E-state index in [1.807, 2.05) is 0 Å². The molecule has 0 atom stereocenters. The lowest BCUT2D eigenvalue weighted by Crippen LogP contribution is -2.00. The van der Waals surface area contributed by atoms with Crippen molar-refractivity contribution in [1.29, 1.82) is 0 Å². The molecule has 238 valence electrons. The summed E-state index contributed by atoms with van der Waals surface area (Å²) in [4.78, 5) is 15.4. The van der Waals surface area contributed by atoms with Crippen molar-refractivity contribution in [3.63, 3.8) is 0 Å². The number of aromatic nitrogens is 3. The minimum Gasteiger partial charge on any atom is -0.208 e. The van der Waals surface area contributed by atoms with E-state index in [9.17, 15) is 0 Å². The molecule has 10 aromatic rings. The zero-order chi connectivity index (χ0) is 33.7. The van der Waals surface area contributed by atoms with Crippen molar-refractivity contribution in [2.24, 2.45) is 0 Å². The first kappa shape index (κ1) is 29.4. The number of hydrogen-bond acceptors (Lipinski definition) is 4. The minimum absolute atomic E-state index is 0.649. The topological polar surface area (TPSA) is 38.7 Å². The molecule has 10 rings (SSSR count). The second-order valence-electron chi connectivity index (χ2n) is 12.8. The Morgan fingerprint density at radius 2 is 0.843 bits per heavy atom. The third kappa shape index (κ3) is 5.25. The Kier molecular flexibility index (Phi) is 7.00. The van der Waals surface area contributed by atoms with Gasteiger partial charge in [0.1, 0.15) is 0 Å². The van der Waals surface area contributed by atoms with Gasteiger partial charge in [0.05, 0.1) is 0 Å². The number of rotatable bonds is 5. The standard InChI is InChI=1S/C47H29N3S/c1-2-11-36-29-37(28-21-30(36)9-1)31-19-24-34(25-20-31)45-48-46(35-26-22-33(23-27-35)39-15-7-12-32-10-3-4-13-38(32)39)50-47(49-45)42-17-8-16-41-40-14-5-6-18-43(40)51-44(41)42/h1-29H. The Morgan fingerprint density at radius 3 is 1.63 bits per heavy atom. The van der Waals surface area contributed by atoms with Crippen molar-refractivity contribution in [2.75, 3.05) is 0 Å². The molecule has 0 aliphatic heterocycles. The first-order valence-electron chi connectivity index (χ1n) is 17.1. The zero-order valence-corrected chi connectivity index (χ0v) is 28.3. The van der Waals surface area contributed by atoms with Crippen LogP contribution in [-0.2, 0) is 0 Å². The highest BCUT2D eigenvalue weighted by molar-refractivity contribution is 7.26. The van der Waals surface area contributed by atoms with Crippen molar-refractivity contribution in [3.8, 4) is 56.4 Å². The van der Waals surface area contributed by atoms with Crippen LogP contribution in [0, 0.1) is 0 Å². The molecule has 0 spiro atoms. The molecule has 0 radical (unpaired) electrons.